The number of H-pyrrole nitrogens is 1. The van der Waals surface area contributed by atoms with E-state index in [-0.39, 0.29) is 24.3 Å². The molecule has 296 valence electrons. The van der Waals surface area contributed by atoms with Crippen molar-refractivity contribution in [2.75, 3.05) is 5.94 Å². The van der Waals surface area contributed by atoms with Crippen LogP contribution in [0.1, 0.15) is 88.8 Å². The highest BCUT2D eigenvalue weighted by atomic mass is 32.2. The van der Waals surface area contributed by atoms with Crippen molar-refractivity contribution in [2.45, 2.75) is 108 Å². The highest BCUT2D eigenvalue weighted by molar-refractivity contribution is 7.99. The zero-order valence-corrected chi connectivity index (χ0v) is 33.2. The maximum atomic E-state index is 14.1. The van der Waals surface area contributed by atoms with E-state index in [9.17, 15) is 24.6 Å². The number of aromatic amines is 1. The van der Waals surface area contributed by atoms with E-state index in [1.807, 2.05) is 68.4 Å². The van der Waals surface area contributed by atoms with Crippen LogP contribution < -0.4 is 20.7 Å². The normalized spacial score (nSPS) is 16.8. The number of hydrogen-bond acceptors (Lipinski definition) is 8. The molecule has 0 saturated heterocycles. The van der Waals surface area contributed by atoms with Gasteiger partial charge in [0.2, 0.25) is 11.8 Å². The third-order valence-corrected chi connectivity index (χ3v) is 11.6. The van der Waals surface area contributed by atoms with Gasteiger partial charge in [0.1, 0.15) is 29.7 Å². The van der Waals surface area contributed by atoms with Crippen LogP contribution in [0.25, 0.3) is 11.0 Å². The molecule has 0 radical (unpaired) electrons. The predicted molar refractivity (Wildman–Crippen MR) is 216 cm³/mol. The highest BCUT2D eigenvalue weighted by Gasteiger charge is 2.41. The molecule has 1 aromatic heterocycles. The van der Waals surface area contributed by atoms with Crippen molar-refractivity contribution in [3.05, 3.63) is 90.3 Å². The Morgan fingerprint density at radius 1 is 0.873 bits per heavy atom. The first-order chi connectivity index (χ1) is 26.5. The lowest BCUT2D eigenvalue weighted by Gasteiger charge is -2.36. The molecule has 1 heterocycles. The summed E-state index contributed by atoms with van der Waals surface area (Å²) in [4.78, 5) is 50.4. The van der Waals surface area contributed by atoms with Gasteiger partial charge in [-0.05, 0) is 60.6 Å². The number of aromatic nitrogens is 2. The molecule has 0 spiro atoms. The minimum Gasteiger partial charge on any atom is -0.482 e. The summed E-state index contributed by atoms with van der Waals surface area (Å²) in [6, 6.07) is 22.7. The Balaban J connectivity index is 1.29. The number of carbonyl (C=O) groups excluding carboxylic acids is 3. The Morgan fingerprint density at radius 2 is 1.56 bits per heavy atom. The summed E-state index contributed by atoms with van der Waals surface area (Å²) in [7, 11) is 0. The molecule has 1 aliphatic carbocycles. The number of aliphatic hydroxyl groups excluding tert-OH is 2. The van der Waals surface area contributed by atoms with E-state index in [0.717, 1.165) is 48.0 Å². The molecule has 1 saturated carbocycles. The molecule has 55 heavy (non-hydrogen) atoms. The number of amides is 3. The summed E-state index contributed by atoms with van der Waals surface area (Å²) in [5, 5.41) is 32.6. The van der Waals surface area contributed by atoms with Gasteiger partial charge in [-0.2, -0.15) is 0 Å². The number of ether oxygens (including phenoxy) is 1. The number of para-hydroxylation sites is 3. The summed E-state index contributed by atoms with van der Waals surface area (Å²) in [5.74, 6) is -1.50. The van der Waals surface area contributed by atoms with Gasteiger partial charge in [-0.3, -0.25) is 14.4 Å². The second-order valence-electron chi connectivity index (χ2n) is 15.1. The van der Waals surface area contributed by atoms with Gasteiger partial charge in [-0.25, -0.2) is 4.98 Å². The Morgan fingerprint density at radius 3 is 2.27 bits per heavy atom. The number of nitrogens with zero attached hydrogens (tertiary/aromatic N) is 1. The fraction of sp³-hybridized carbons (Fsp3) is 0.488. The predicted octanol–water partition coefficient (Wildman–Crippen LogP) is 6.60. The lowest BCUT2D eigenvalue weighted by atomic mass is 9.79. The molecule has 11 nitrogen and oxygen atoms in total. The summed E-state index contributed by atoms with van der Waals surface area (Å²) < 4.78 is 6.04. The summed E-state index contributed by atoms with van der Waals surface area (Å²) in [6.07, 6.45) is 3.25. The van der Waals surface area contributed by atoms with Gasteiger partial charge in [-0.1, -0.05) is 120 Å². The molecule has 1 unspecified atom stereocenters. The van der Waals surface area contributed by atoms with Gasteiger partial charge in [0, 0.05) is 4.90 Å². The second kappa shape index (κ2) is 20.5. The molecule has 12 heteroatoms. The smallest absolute Gasteiger partial charge is 0.255 e. The van der Waals surface area contributed by atoms with Crippen molar-refractivity contribution in [3.63, 3.8) is 0 Å². The molecule has 1 aliphatic rings. The quantitative estimate of drug-likeness (QED) is 0.0459. The van der Waals surface area contributed by atoms with Crippen molar-refractivity contribution < 1.29 is 29.3 Å². The van der Waals surface area contributed by atoms with E-state index in [4.69, 9.17) is 4.74 Å². The van der Waals surface area contributed by atoms with E-state index in [2.05, 4.69) is 25.9 Å². The van der Waals surface area contributed by atoms with Crippen LogP contribution in [-0.2, 0) is 16.1 Å². The summed E-state index contributed by atoms with van der Waals surface area (Å²) in [5.41, 5.74) is 1.97. The lowest BCUT2D eigenvalue weighted by molar-refractivity contribution is -0.140. The first-order valence-electron chi connectivity index (χ1n) is 19.6. The van der Waals surface area contributed by atoms with Crippen molar-refractivity contribution >= 4 is 40.5 Å². The number of rotatable bonds is 19. The molecule has 5 rings (SSSR count). The van der Waals surface area contributed by atoms with E-state index in [0.29, 0.717) is 35.9 Å². The van der Waals surface area contributed by atoms with Gasteiger partial charge < -0.3 is 35.9 Å². The number of hydrogen-bond donors (Lipinski definition) is 6. The molecular formula is C43H57N5O6S. The number of thioether (sulfide) groups is 1. The molecule has 4 aromatic rings. The molecule has 6 N–H and O–H groups in total. The summed E-state index contributed by atoms with van der Waals surface area (Å²) in [6.45, 7) is 7.58. The Kier molecular flexibility index (Phi) is 15.6. The van der Waals surface area contributed by atoms with Crippen LogP contribution in [0, 0.1) is 23.7 Å². The van der Waals surface area contributed by atoms with Crippen molar-refractivity contribution in [1.29, 1.82) is 0 Å². The van der Waals surface area contributed by atoms with Gasteiger partial charge in [0.25, 0.3) is 5.91 Å². The number of nitrogens with one attached hydrogen (secondary N) is 4. The topological polar surface area (TPSA) is 166 Å². The van der Waals surface area contributed by atoms with E-state index in [1.165, 1.54) is 11.8 Å². The third kappa shape index (κ3) is 11.6. The maximum absolute atomic E-state index is 14.1. The van der Waals surface area contributed by atoms with Gasteiger partial charge in [0.15, 0.2) is 0 Å². The monoisotopic (exact) mass is 771 g/mol. The lowest BCUT2D eigenvalue weighted by Crippen LogP contribution is -2.57. The number of fused-ring (bicyclic) bond motifs is 1. The fourth-order valence-electron chi connectivity index (χ4n) is 7.39. The average Bonchev–Trinajstić information content (AvgIpc) is 3.62. The third-order valence-electron chi connectivity index (χ3n) is 10.8. The van der Waals surface area contributed by atoms with Crippen molar-refractivity contribution in [1.82, 2.24) is 25.9 Å². The Hall–Kier alpha value is -4.39. The van der Waals surface area contributed by atoms with Gasteiger partial charge in [0.05, 0.1) is 41.2 Å². The van der Waals surface area contributed by atoms with Crippen LogP contribution in [0.15, 0.2) is 83.8 Å². The van der Waals surface area contributed by atoms with Crippen LogP contribution in [0.3, 0.4) is 0 Å². The Bertz CT molecular complexity index is 1800. The molecular weight excluding hydrogens is 715 g/mol. The Labute approximate surface area is 328 Å². The molecule has 6 atom stereocenters. The SMILES string of the molecule is CCC(C)[C@H](NC(=O)[C@H](C(C)C)[C@@H](O)[C@H](O)[C@H](CC1CCCCC1)NC(=O)c1ccccc1OCSc1ccccc1)C(=O)NCc1nc2ccccc2[nH]1. The minimum atomic E-state index is -1.53. The van der Waals surface area contributed by atoms with Gasteiger partial charge in [-0.15, -0.1) is 0 Å². The maximum Gasteiger partial charge on any atom is 0.255 e. The standard InChI is InChI=1S/C43H57N5O6S/c1-5-28(4)38(43(53)44-25-36-45-32-21-13-14-22-33(32)46-36)48-42(52)37(27(2)3)40(50)39(49)34(24-29-16-8-6-9-17-29)47-41(51)31-20-12-15-23-35(31)54-26-55-30-18-10-7-11-19-30/h7,10-15,18-23,27-29,34,37-40,49-50H,5-6,8-9,16-17,24-26H2,1-4H3,(H,44,53)(H,45,46)(H,47,51)(H,48,52)/t28?,34-,37+,38-,39+,40+/m0/s1. The van der Waals surface area contributed by atoms with Crippen LogP contribution in [-0.4, -0.2) is 68.1 Å². The molecule has 0 bridgehead atoms. The average molecular weight is 772 g/mol. The number of benzene rings is 3. The largest absolute Gasteiger partial charge is 0.482 e. The number of imidazole rings is 1. The van der Waals surface area contributed by atoms with Crippen molar-refractivity contribution in [2.24, 2.45) is 23.7 Å². The van der Waals surface area contributed by atoms with Crippen LogP contribution in [0.2, 0.25) is 0 Å². The molecule has 3 amide bonds. The molecule has 3 aromatic carbocycles. The summed E-state index contributed by atoms with van der Waals surface area (Å²) >= 11 is 1.51. The van der Waals surface area contributed by atoms with Gasteiger partial charge >= 0.3 is 0 Å². The number of aliphatic hydroxyl groups is 2. The zero-order chi connectivity index (χ0) is 39.3. The first-order valence-corrected chi connectivity index (χ1v) is 20.6. The van der Waals surface area contributed by atoms with Crippen molar-refractivity contribution in [3.8, 4) is 5.75 Å². The number of carbonyl (C=O) groups is 3. The van der Waals surface area contributed by atoms with E-state index in [1.54, 1.807) is 38.1 Å². The molecule has 0 aliphatic heterocycles. The van der Waals surface area contributed by atoms with E-state index >= 15 is 0 Å². The molecule has 1 fully saturated rings. The second-order valence-corrected chi connectivity index (χ2v) is 16.1. The van der Waals surface area contributed by atoms with E-state index < -0.39 is 47.9 Å². The highest BCUT2D eigenvalue weighted by Crippen LogP contribution is 2.31. The minimum absolute atomic E-state index is 0.147. The fourth-order valence-corrected chi connectivity index (χ4v) is 8.07. The first kappa shape index (κ1) is 41.8. The van der Waals surface area contributed by atoms with Crippen LogP contribution in [0.4, 0.5) is 0 Å². The van der Waals surface area contributed by atoms with Crippen LogP contribution >= 0.6 is 11.8 Å². The van der Waals surface area contributed by atoms with Crippen LogP contribution in [0.5, 0.6) is 5.75 Å². The zero-order valence-electron chi connectivity index (χ0n) is 32.4.